The Morgan fingerprint density at radius 1 is 1.21 bits per heavy atom. The monoisotopic (exact) mass is 257 g/mol. The molecular formula is C17H23NO. The Balaban J connectivity index is 1.78. The number of amides is 1. The molecule has 0 aromatic heterocycles. The Labute approximate surface area is 115 Å². The lowest BCUT2D eigenvalue weighted by Crippen LogP contribution is -2.24. The number of hydrogen-bond donors (Lipinski definition) is 1. The summed E-state index contributed by atoms with van der Waals surface area (Å²) in [5.74, 6) is 0.0408. The minimum absolute atomic E-state index is 0.0408. The SMILES string of the molecule is CCc1ccc(C(=O)NCCC2=CCCCC2)cc1. The van der Waals surface area contributed by atoms with Gasteiger partial charge in [-0.05, 0) is 56.2 Å². The van der Waals surface area contributed by atoms with Crippen molar-refractivity contribution in [1.82, 2.24) is 5.32 Å². The highest BCUT2D eigenvalue weighted by molar-refractivity contribution is 5.94. The molecule has 0 fully saturated rings. The van der Waals surface area contributed by atoms with Crippen molar-refractivity contribution in [2.24, 2.45) is 0 Å². The molecule has 0 spiro atoms. The van der Waals surface area contributed by atoms with Gasteiger partial charge in [0, 0.05) is 12.1 Å². The Hall–Kier alpha value is -1.57. The molecule has 0 heterocycles. The van der Waals surface area contributed by atoms with Crippen LogP contribution in [0, 0.1) is 0 Å². The molecule has 0 unspecified atom stereocenters. The van der Waals surface area contributed by atoms with Gasteiger partial charge in [-0.1, -0.05) is 30.7 Å². The molecule has 1 aliphatic rings. The molecule has 0 aliphatic heterocycles. The number of benzene rings is 1. The number of hydrogen-bond acceptors (Lipinski definition) is 1. The first-order valence-electron chi connectivity index (χ1n) is 7.34. The van der Waals surface area contributed by atoms with Gasteiger partial charge in [0.15, 0.2) is 0 Å². The lowest BCUT2D eigenvalue weighted by molar-refractivity contribution is 0.0954. The molecular weight excluding hydrogens is 234 g/mol. The second-order valence-corrected chi connectivity index (χ2v) is 5.16. The average Bonchev–Trinajstić information content (AvgIpc) is 2.48. The zero-order chi connectivity index (χ0) is 13.5. The molecule has 1 aromatic carbocycles. The topological polar surface area (TPSA) is 29.1 Å². The first-order chi connectivity index (χ1) is 9.29. The van der Waals surface area contributed by atoms with Gasteiger partial charge in [0.05, 0.1) is 0 Å². The Morgan fingerprint density at radius 2 is 2.00 bits per heavy atom. The molecule has 0 saturated carbocycles. The third-order valence-electron chi connectivity index (χ3n) is 3.74. The number of nitrogens with one attached hydrogen (secondary N) is 1. The van der Waals surface area contributed by atoms with Crippen LogP contribution in [0.4, 0.5) is 0 Å². The number of allylic oxidation sites excluding steroid dienone is 1. The predicted octanol–water partition coefficient (Wildman–Crippen LogP) is 3.87. The van der Waals surface area contributed by atoms with Gasteiger partial charge in [-0.25, -0.2) is 0 Å². The Kier molecular flexibility index (Phi) is 5.20. The average molecular weight is 257 g/mol. The summed E-state index contributed by atoms with van der Waals surface area (Å²) in [4.78, 5) is 12.0. The summed E-state index contributed by atoms with van der Waals surface area (Å²) in [6.45, 7) is 2.87. The minimum Gasteiger partial charge on any atom is -0.352 e. The van der Waals surface area contributed by atoms with Crippen molar-refractivity contribution < 1.29 is 4.79 Å². The molecule has 19 heavy (non-hydrogen) atoms. The number of carbonyl (C=O) groups is 1. The molecule has 2 rings (SSSR count). The van der Waals surface area contributed by atoms with Crippen molar-refractivity contribution in [1.29, 1.82) is 0 Å². The highest BCUT2D eigenvalue weighted by Gasteiger charge is 2.06. The summed E-state index contributed by atoms with van der Waals surface area (Å²) in [7, 11) is 0. The zero-order valence-electron chi connectivity index (χ0n) is 11.7. The molecule has 0 radical (unpaired) electrons. The van der Waals surface area contributed by atoms with Gasteiger partial charge in [0.1, 0.15) is 0 Å². The molecule has 0 atom stereocenters. The van der Waals surface area contributed by atoms with Gasteiger partial charge < -0.3 is 5.32 Å². The maximum absolute atomic E-state index is 12.0. The minimum atomic E-state index is 0.0408. The fraction of sp³-hybridized carbons (Fsp3) is 0.471. The van der Waals surface area contributed by atoms with E-state index in [1.54, 1.807) is 0 Å². The van der Waals surface area contributed by atoms with E-state index in [2.05, 4.69) is 18.3 Å². The van der Waals surface area contributed by atoms with Crippen LogP contribution in [0.15, 0.2) is 35.9 Å². The van der Waals surface area contributed by atoms with Gasteiger partial charge in [0.25, 0.3) is 5.91 Å². The van der Waals surface area contributed by atoms with E-state index in [0.717, 1.165) is 24.9 Å². The van der Waals surface area contributed by atoms with E-state index in [1.807, 2.05) is 24.3 Å². The van der Waals surface area contributed by atoms with Crippen molar-refractivity contribution in [3.8, 4) is 0 Å². The van der Waals surface area contributed by atoms with Crippen LogP contribution < -0.4 is 5.32 Å². The van der Waals surface area contributed by atoms with Crippen molar-refractivity contribution in [3.63, 3.8) is 0 Å². The number of carbonyl (C=O) groups excluding carboxylic acids is 1. The van der Waals surface area contributed by atoms with Crippen LogP contribution in [0.3, 0.4) is 0 Å². The predicted molar refractivity (Wildman–Crippen MR) is 79.3 cm³/mol. The standard InChI is InChI=1S/C17H23NO/c1-2-14-8-10-16(11-9-14)17(19)18-13-12-15-6-4-3-5-7-15/h6,8-11H,2-5,7,12-13H2,1H3,(H,18,19). The summed E-state index contributed by atoms with van der Waals surface area (Å²) >= 11 is 0. The summed E-state index contributed by atoms with van der Waals surface area (Å²) in [6, 6.07) is 7.87. The largest absolute Gasteiger partial charge is 0.352 e. The quantitative estimate of drug-likeness (QED) is 0.797. The summed E-state index contributed by atoms with van der Waals surface area (Å²) in [5.41, 5.74) is 3.53. The van der Waals surface area contributed by atoms with Crippen molar-refractivity contribution in [2.45, 2.75) is 45.4 Å². The molecule has 1 aliphatic carbocycles. The van der Waals surface area contributed by atoms with Crippen LogP contribution in [0.5, 0.6) is 0 Å². The van der Waals surface area contributed by atoms with Gasteiger partial charge >= 0.3 is 0 Å². The summed E-state index contributed by atoms with van der Waals surface area (Å²) < 4.78 is 0. The van der Waals surface area contributed by atoms with E-state index in [0.29, 0.717) is 0 Å². The van der Waals surface area contributed by atoms with E-state index < -0.39 is 0 Å². The maximum Gasteiger partial charge on any atom is 0.251 e. The lowest BCUT2D eigenvalue weighted by atomic mass is 9.97. The highest BCUT2D eigenvalue weighted by atomic mass is 16.1. The summed E-state index contributed by atoms with van der Waals surface area (Å²) in [6.07, 6.45) is 9.39. The van der Waals surface area contributed by atoms with Crippen LogP contribution >= 0.6 is 0 Å². The molecule has 0 saturated heterocycles. The molecule has 1 N–H and O–H groups in total. The van der Waals surface area contributed by atoms with Crippen molar-refractivity contribution >= 4 is 5.91 Å². The van der Waals surface area contributed by atoms with Gasteiger partial charge in [-0.3, -0.25) is 4.79 Å². The van der Waals surface area contributed by atoms with E-state index in [1.165, 1.54) is 36.8 Å². The van der Waals surface area contributed by atoms with Crippen LogP contribution in [-0.4, -0.2) is 12.5 Å². The normalized spacial score (nSPS) is 14.9. The molecule has 102 valence electrons. The Morgan fingerprint density at radius 3 is 2.63 bits per heavy atom. The van der Waals surface area contributed by atoms with Gasteiger partial charge in [-0.2, -0.15) is 0 Å². The van der Waals surface area contributed by atoms with Crippen molar-refractivity contribution in [2.75, 3.05) is 6.54 Å². The van der Waals surface area contributed by atoms with Crippen molar-refractivity contribution in [3.05, 3.63) is 47.0 Å². The third-order valence-corrected chi connectivity index (χ3v) is 3.74. The number of rotatable bonds is 5. The first-order valence-corrected chi connectivity index (χ1v) is 7.34. The molecule has 2 nitrogen and oxygen atoms in total. The fourth-order valence-electron chi connectivity index (χ4n) is 2.46. The second kappa shape index (κ2) is 7.13. The number of aryl methyl sites for hydroxylation is 1. The van der Waals surface area contributed by atoms with E-state index >= 15 is 0 Å². The summed E-state index contributed by atoms with van der Waals surface area (Å²) in [5, 5.41) is 3.00. The molecule has 2 heteroatoms. The smallest absolute Gasteiger partial charge is 0.251 e. The van der Waals surface area contributed by atoms with Gasteiger partial charge in [0.2, 0.25) is 0 Å². The Bertz CT molecular complexity index is 445. The van der Waals surface area contributed by atoms with E-state index in [-0.39, 0.29) is 5.91 Å². The van der Waals surface area contributed by atoms with Crippen LogP contribution in [0.25, 0.3) is 0 Å². The second-order valence-electron chi connectivity index (χ2n) is 5.16. The first kappa shape index (κ1) is 13.9. The molecule has 1 aromatic rings. The van der Waals surface area contributed by atoms with E-state index in [4.69, 9.17) is 0 Å². The zero-order valence-corrected chi connectivity index (χ0v) is 11.7. The third kappa shape index (κ3) is 4.23. The molecule has 0 bridgehead atoms. The van der Waals surface area contributed by atoms with Crippen LogP contribution in [0.2, 0.25) is 0 Å². The maximum atomic E-state index is 12.0. The van der Waals surface area contributed by atoms with Gasteiger partial charge in [-0.15, -0.1) is 0 Å². The fourth-order valence-corrected chi connectivity index (χ4v) is 2.46. The van der Waals surface area contributed by atoms with Crippen LogP contribution in [0.1, 0.15) is 54.9 Å². The molecule has 1 amide bonds. The van der Waals surface area contributed by atoms with Crippen LogP contribution in [-0.2, 0) is 6.42 Å². The van der Waals surface area contributed by atoms with E-state index in [9.17, 15) is 4.79 Å². The highest BCUT2D eigenvalue weighted by Crippen LogP contribution is 2.19. The lowest BCUT2D eigenvalue weighted by Gasteiger charge is -2.13.